The molecule has 0 aliphatic rings. The Balaban J connectivity index is 1.84. The Kier molecular flexibility index (Phi) is 6.95. The average molecular weight is 530 g/mol. The number of aromatic nitrogens is 3. The van der Waals surface area contributed by atoms with Gasteiger partial charge in [-0.2, -0.15) is 13.2 Å². The van der Waals surface area contributed by atoms with Crippen LogP contribution in [0.3, 0.4) is 0 Å². The molecule has 0 bridgehead atoms. The summed E-state index contributed by atoms with van der Waals surface area (Å²) in [5.41, 5.74) is 1.73. The Morgan fingerprint density at radius 1 is 0.919 bits per heavy atom. The Hall–Kier alpha value is -3.57. The van der Waals surface area contributed by atoms with E-state index in [2.05, 4.69) is 20.3 Å². The monoisotopic (exact) mass is 529 g/mol. The summed E-state index contributed by atoms with van der Waals surface area (Å²) in [5.74, 6) is 0.248. The number of rotatable bonds is 6. The second kappa shape index (κ2) is 9.71. The number of hydrogen-bond acceptors (Lipinski definition) is 6. The molecule has 2 aromatic carbocycles. The molecular weight excluding hydrogens is 503 g/mol. The molecule has 0 spiro atoms. The number of fused-ring (bicyclic) bond motifs is 1. The van der Waals surface area contributed by atoms with Crippen LogP contribution in [0.5, 0.6) is 0 Å². The molecule has 37 heavy (non-hydrogen) atoms. The molecule has 7 nitrogen and oxygen atoms in total. The van der Waals surface area contributed by atoms with Crippen molar-refractivity contribution in [3.05, 3.63) is 71.7 Å². The minimum absolute atomic E-state index is 0.0498. The first-order valence-electron chi connectivity index (χ1n) is 11.5. The maximum absolute atomic E-state index is 13.5. The molecule has 2 heterocycles. The fourth-order valence-corrected chi connectivity index (χ4v) is 5.40. The summed E-state index contributed by atoms with van der Waals surface area (Å²) in [7, 11) is -3.94. The normalized spacial score (nSPS) is 12.5. The number of primary sulfonamides is 1. The molecule has 0 unspecified atom stereocenters. The molecule has 194 valence electrons. The van der Waals surface area contributed by atoms with Gasteiger partial charge in [0.2, 0.25) is 10.0 Å². The Morgan fingerprint density at radius 2 is 1.62 bits per heavy atom. The number of nitrogens with two attached hydrogens (primary N) is 1. The fraction of sp³-hybridized carbons (Fsp3) is 0.269. The highest BCUT2D eigenvalue weighted by Crippen LogP contribution is 2.40. The minimum Gasteiger partial charge on any atom is -0.339 e. The highest BCUT2D eigenvalue weighted by Gasteiger charge is 2.34. The Morgan fingerprint density at radius 3 is 2.24 bits per heavy atom. The van der Waals surface area contributed by atoms with Crippen molar-refractivity contribution in [2.45, 2.75) is 50.6 Å². The van der Waals surface area contributed by atoms with Gasteiger partial charge in [0.1, 0.15) is 12.1 Å². The largest absolute Gasteiger partial charge is 0.418 e. The van der Waals surface area contributed by atoms with E-state index in [1.54, 1.807) is 18.2 Å². The SMILES string of the molecule is CC(C)c1c(Nc2ncnc3cc(-c4ncccc4C(F)(F)F)ccc23)ccc(S(N)(=O)=O)c1C(C)C. The number of pyridine rings is 1. The van der Waals surface area contributed by atoms with E-state index in [9.17, 15) is 21.6 Å². The number of sulfonamides is 1. The van der Waals surface area contributed by atoms with Gasteiger partial charge >= 0.3 is 6.18 Å². The van der Waals surface area contributed by atoms with Crippen LogP contribution in [0.25, 0.3) is 22.2 Å². The van der Waals surface area contributed by atoms with Crippen molar-refractivity contribution in [2.75, 3.05) is 5.32 Å². The van der Waals surface area contributed by atoms with E-state index < -0.39 is 21.8 Å². The van der Waals surface area contributed by atoms with Crippen LogP contribution in [0.1, 0.15) is 56.2 Å². The first-order chi connectivity index (χ1) is 17.3. The van der Waals surface area contributed by atoms with Gasteiger partial charge in [-0.05, 0) is 59.4 Å². The maximum atomic E-state index is 13.5. The second-order valence-electron chi connectivity index (χ2n) is 9.27. The van der Waals surface area contributed by atoms with Gasteiger partial charge in [0.05, 0.1) is 21.7 Å². The summed E-state index contributed by atoms with van der Waals surface area (Å²) < 4.78 is 65.1. The fourth-order valence-electron chi connectivity index (χ4n) is 4.49. The zero-order valence-corrected chi connectivity index (χ0v) is 21.4. The molecule has 0 aliphatic heterocycles. The molecule has 0 saturated carbocycles. The number of benzene rings is 2. The quantitative estimate of drug-likeness (QED) is 0.301. The smallest absolute Gasteiger partial charge is 0.339 e. The van der Waals surface area contributed by atoms with E-state index in [0.29, 0.717) is 28.0 Å². The molecule has 0 amide bonds. The lowest BCUT2D eigenvalue weighted by atomic mass is 9.89. The van der Waals surface area contributed by atoms with Crippen LogP contribution in [0.15, 0.2) is 59.9 Å². The Bertz CT molecular complexity index is 1590. The predicted octanol–water partition coefficient (Wildman–Crippen LogP) is 6.35. The van der Waals surface area contributed by atoms with Crippen molar-refractivity contribution in [3.63, 3.8) is 0 Å². The number of anilines is 2. The van der Waals surface area contributed by atoms with Gasteiger partial charge in [-0.25, -0.2) is 23.5 Å². The molecule has 11 heteroatoms. The van der Waals surface area contributed by atoms with E-state index in [1.165, 1.54) is 30.7 Å². The molecular formula is C26H26F3N5O2S. The predicted molar refractivity (Wildman–Crippen MR) is 137 cm³/mol. The van der Waals surface area contributed by atoms with Crippen molar-refractivity contribution >= 4 is 32.4 Å². The van der Waals surface area contributed by atoms with E-state index in [4.69, 9.17) is 5.14 Å². The van der Waals surface area contributed by atoms with Crippen LogP contribution in [-0.2, 0) is 16.2 Å². The summed E-state index contributed by atoms with van der Waals surface area (Å²) in [6.45, 7) is 7.70. The zero-order valence-electron chi connectivity index (χ0n) is 20.6. The van der Waals surface area contributed by atoms with E-state index in [1.807, 2.05) is 27.7 Å². The number of nitrogens with one attached hydrogen (secondary N) is 1. The van der Waals surface area contributed by atoms with Crippen LogP contribution in [0.2, 0.25) is 0 Å². The third kappa shape index (κ3) is 5.28. The minimum atomic E-state index is -4.55. The molecule has 0 atom stereocenters. The summed E-state index contributed by atoms with van der Waals surface area (Å²) in [6.07, 6.45) is -1.93. The number of alkyl halides is 3. The van der Waals surface area contributed by atoms with Crippen LogP contribution >= 0.6 is 0 Å². The summed E-state index contributed by atoms with van der Waals surface area (Å²) in [4.78, 5) is 12.6. The molecule has 2 aromatic heterocycles. The standard InChI is InChI=1S/C26H26F3N5O2S/c1-14(2)22-19(9-10-21(37(30,35)36)23(22)15(3)4)34-25-17-8-7-16(12-20(17)32-13-33-25)24-18(26(27,28)29)6-5-11-31-24/h5-15H,1-4H3,(H2,30,35,36)(H,32,33,34). The molecule has 4 rings (SSSR count). The number of hydrogen-bond donors (Lipinski definition) is 2. The van der Waals surface area contributed by atoms with Gasteiger partial charge in [-0.1, -0.05) is 33.8 Å². The molecule has 0 radical (unpaired) electrons. The molecule has 0 aliphatic carbocycles. The van der Waals surface area contributed by atoms with Gasteiger partial charge in [-0.3, -0.25) is 4.98 Å². The molecule has 3 N–H and O–H groups in total. The number of nitrogens with zero attached hydrogens (tertiary/aromatic N) is 3. The first-order valence-corrected chi connectivity index (χ1v) is 13.1. The molecule has 4 aromatic rings. The van der Waals surface area contributed by atoms with Crippen molar-refractivity contribution in [1.82, 2.24) is 15.0 Å². The zero-order chi connectivity index (χ0) is 27.1. The van der Waals surface area contributed by atoms with Gasteiger partial charge in [-0.15, -0.1) is 0 Å². The lowest BCUT2D eigenvalue weighted by Gasteiger charge is -2.23. The topological polar surface area (TPSA) is 111 Å². The maximum Gasteiger partial charge on any atom is 0.418 e. The summed E-state index contributed by atoms with van der Waals surface area (Å²) in [6, 6.07) is 10.1. The second-order valence-corrected chi connectivity index (χ2v) is 10.8. The van der Waals surface area contributed by atoms with Crippen LogP contribution in [-0.4, -0.2) is 23.4 Å². The van der Waals surface area contributed by atoms with Crippen LogP contribution < -0.4 is 10.5 Å². The van der Waals surface area contributed by atoms with Gasteiger partial charge in [0, 0.05) is 22.8 Å². The molecule has 0 fully saturated rings. The third-order valence-corrected chi connectivity index (χ3v) is 6.95. The van der Waals surface area contributed by atoms with Crippen LogP contribution in [0, 0.1) is 0 Å². The Labute approximate surface area is 213 Å². The third-order valence-electron chi connectivity index (χ3n) is 5.98. The van der Waals surface area contributed by atoms with Crippen molar-refractivity contribution in [3.8, 4) is 11.3 Å². The first kappa shape index (κ1) is 26.5. The number of halogens is 3. The summed E-state index contributed by atoms with van der Waals surface area (Å²) in [5, 5.41) is 9.36. The lowest BCUT2D eigenvalue weighted by molar-refractivity contribution is -0.137. The highest BCUT2D eigenvalue weighted by molar-refractivity contribution is 7.89. The lowest BCUT2D eigenvalue weighted by Crippen LogP contribution is -2.18. The van der Waals surface area contributed by atoms with E-state index in [0.717, 1.165) is 11.6 Å². The van der Waals surface area contributed by atoms with Crippen molar-refractivity contribution < 1.29 is 21.6 Å². The van der Waals surface area contributed by atoms with Gasteiger partial charge in [0.25, 0.3) is 0 Å². The van der Waals surface area contributed by atoms with E-state index in [-0.39, 0.29) is 28.0 Å². The van der Waals surface area contributed by atoms with Crippen LogP contribution in [0.4, 0.5) is 24.7 Å². The van der Waals surface area contributed by atoms with Gasteiger partial charge in [0.15, 0.2) is 0 Å². The average Bonchev–Trinajstić information content (AvgIpc) is 2.82. The van der Waals surface area contributed by atoms with Crippen molar-refractivity contribution in [1.29, 1.82) is 0 Å². The highest BCUT2D eigenvalue weighted by atomic mass is 32.2. The van der Waals surface area contributed by atoms with Crippen molar-refractivity contribution in [2.24, 2.45) is 5.14 Å². The summed E-state index contributed by atoms with van der Waals surface area (Å²) >= 11 is 0. The van der Waals surface area contributed by atoms with Gasteiger partial charge < -0.3 is 5.32 Å². The van der Waals surface area contributed by atoms with E-state index >= 15 is 0 Å². The molecule has 0 saturated heterocycles.